The number of hydrogen-bond donors (Lipinski definition) is 3. The third-order valence-electron chi connectivity index (χ3n) is 6.68. The first-order valence-corrected chi connectivity index (χ1v) is 19.1. The van der Waals surface area contributed by atoms with Crippen LogP contribution in [0.1, 0.15) is 104 Å². The Bertz CT molecular complexity index is 1090. The Morgan fingerprint density at radius 3 is 1.65 bits per heavy atom. The molecule has 0 fully saturated rings. The predicted octanol–water partition coefficient (Wildman–Crippen LogP) is 8.85. The zero-order valence-corrected chi connectivity index (χ0v) is 30.6. The van der Waals surface area contributed by atoms with Crippen molar-refractivity contribution in [2.75, 3.05) is 26.4 Å². The van der Waals surface area contributed by atoms with E-state index >= 15 is 0 Å². The quantitative estimate of drug-likeness (QED) is 0.0267. The average molecular weight is 708 g/mol. The molecule has 0 aromatic heterocycles. The Morgan fingerprint density at radius 2 is 1.12 bits per heavy atom. The maximum atomic E-state index is 12.5. The van der Waals surface area contributed by atoms with E-state index in [2.05, 4.69) is 91.3 Å². The SMILES string of the molecule is CC/C=C\C/C=C\C/C=C\C/C=C\CCC(=O)OC(COCCCCCC/C=C\C/C=C\C/C=C\CC)COP(=O)(O)OCC(N)C(=O)O. The van der Waals surface area contributed by atoms with Crippen LogP contribution in [-0.4, -0.2) is 60.5 Å². The lowest BCUT2D eigenvalue weighted by Gasteiger charge is -2.20. The molecule has 49 heavy (non-hydrogen) atoms. The third-order valence-corrected chi connectivity index (χ3v) is 7.63. The van der Waals surface area contributed by atoms with Crippen molar-refractivity contribution >= 4 is 19.8 Å². The van der Waals surface area contributed by atoms with Gasteiger partial charge in [0, 0.05) is 13.0 Å². The van der Waals surface area contributed by atoms with Crippen LogP contribution in [0.2, 0.25) is 0 Å². The number of rotatable bonds is 32. The first-order chi connectivity index (χ1) is 23.7. The number of carbonyl (C=O) groups is 2. The lowest BCUT2D eigenvalue weighted by molar-refractivity contribution is -0.154. The first kappa shape index (κ1) is 46.1. The number of esters is 1. The van der Waals surface area contributed by atoms with Gasteiger partial charge in [-0.3, -0.25) is 18.6 Å². The van der Waals surface area contributed by atoms with E-state index < -0.39 is 45.1 Å². The van der Waals surface area contributed by atoms with Gasteiger partial charge < -0.3 is 25.2 Å². The summed E-state index contributed by atoms with van der Waals surface area (Å²) in [4.78, 5) is 33.3. The lowest BCUT2D eigenvalue weighted by atomic mass is 10.1. The molecule has 4 N–H and O–H groups in total. The van der Waals surface area contributed by atoms with Crippen LogP contribution in [0.5, 0.6) is 0 Å². The topological polar surface area (TPSA) is 155 Å². The van der Waals surface area contributed by atoms with Crippen molar-refractivity contribution in [3.63, 3.8) is 0 Å². The van der Waals surface area contributed by atoms with E-state index in [0.717, 1.165) is 77.0 Å². The number of unbranched alkanes of at least 4 members (excludes halogenated alkanes) is 4. The Balaban J connectivity index is 4.52. The highest BCUT2D eigenvalue weighted by Gasteiger charge is 2.27. The number of nitrogens with two attached hydrogens (primary N) is 1. The molecule has 0 spiro atoms. The number of carbonyl (C=O) groups excluding carboxylic acids is 1. The Hall–Kier alpha value is -2.85. The summed E-state index contributed by atoms with van der Waals surface area (Å²) in [6.45, 7) is 3.45. The Kier molecular flexibility index (Phi) is 31.7. The van der Waals surface area contributed by atoms with E-state index in [1.165, 1.54) is 0 Å². The number of phosphoric ester groups is 1. The molecule has 0 rings (SSSR count). The van der Waals surface area contributed by atoms with Crippen LogP contribution in [0.4, 0.5) is 0 Å². The Labute approximate surface area is 295 Å². The predicted molar refractivity (Wildman–Crippen MR) is 198 cm³/mol. The number of ether oxygens (including phenoxy) is 2. The zero-order valence-electron chi connectivity index (χ0n) is 29.7. The average Bonchev–Trinajstić information content (AvgIpc) is 3.07. The molecule has 3 unspecified atom stereocenters. The highest BCUT2D eigenvalue weighted by atomic mass is 31.2. The smallest absolute Gasteiger partial charge is 0.472 e. The molecule has 0 saturated carbocycles. The van der Waals surface area contributed by atoms with Crippen LogP contribution in [0.15, 0.2) is 85.1 Å². The Morgan fingerprint density at radius 1 is 0.653 bits per heavy atom. The van der Waals surface area contributed by atoms with Gasteiger partial charge in [-0.2, -0.15) is 0 Å². The van der Waals surface area contributed by atoms with Gasteiger partial charge in [-0.1, -0.05) is 112 Å². The van der Waals surface area contributed by atoms with E-state index in [0.29, 0.717) is 13.0 Å². The molecule has 0 aromatic rings. The van der Waals surface area contributed by atoms with Crippen molar-refractivity contribution in [1.82, 2.24) is 0 Å². The summed E-state index contributed by atoms with van der Waals surface area (Å²) >= 11 is 0. The van der Waals surface area contributed by atoms with Gasteiger partial charge >= 0.3 is 19.8 Å². The summed E-state index contributed by atoms with van der Waals surface area (Å²) in [5, 5.41) is 8.85. The van der Waals surface area contributed by atoms with Crippen molar-refractivity contribution in [2.45, 2.75) is 116 Å². The molecule has 0 saturated heterocycles. The highest BCUT2D eigenvalue weighted by Crippen LogP contribution is 2.43. The summed E-state index contributed by atoms with van der Waals surface area (Å²) in [5.74, 6) is -1.89. The minimum atomic E-state index is -4.64. The normalized spacial score (nSPS) is 15.2. The molecule has 0 aliphatic carbocycles. The van der Waals surface area contributed by atoms with Gasteiger partial charge in [-0.15, -0.1) is 0 Å². The van der Waals surface area contributed by atoms with E-state index in [1.54, 1.807) is 0 Å². The second kappa shape index (κ2) is 33.6. The van der Waals surface area contributed by atoms with E-state index in [1.807, 2.05) is 12.2 Å². The maximum absolute atomic E-state index is 12.5. The molecule has 0 bridgehead atoms. The molecule has 278 valence electrons. The minimum absolute atomic E-state index is 0.0329. The van der Waals surface area contributed by atoms with E-state index in [-0.39, 0.29) is 13.0 Å². The molecule has 0 heterocycles. The van der Waals surface area contributed by atoms with Crippen LogP contribution in [0, 0.1) is 0 Å². The van der Waals surface area contributed by atoms with Gasteiger partial charge in [0.2, 0.25) is 0 Å². The minimum Gasteiger partial charge on any atom is -0.480 e. The summed E-state index contributed by atoms with van der Waals surface area (Å²) in [5.41, 5.74) is 5.32. The molecule has 0 aliphatic rings. The van der Waals surface area contributed by atoms with Crippen LogP contribution >= 0.6 is 7.82 Å². The standard InChI is InChI=1S/C38H62NO9P/c1-3-5-7-9-11-13-15-17-19-21-23-25-27-29-31-45-32-35(33-46-49(43,44)47-34-36(39)38(41)42)48-37(40)30-28-26-24-22-20-18-16-14-12-10-8-6-4-2/h5-8,11-14,17-20,24,26,35-36H,3-4,9-10,15-16,21-23,25,27-34,39H2,1-2H3,(H,41,42)(H,43,44)/b7-5-,8-6-,13-11-,14-12-,19-17-,20-18-,26-24-. The van der Waals surface area contributed by atoms with Crippen molar-refractivity contribution in [1.29, 1.82) is 0 Å². The summed E-state index contributed by atoms with van der Waals surface area (Å²) in [6, 6.07) is -1.49. The number of allylic oxidation sites excluding steroid dienone is 14. The molecule has 0 aliphatic heterocycles. The van der Waals surface area contributed by atoms with Crippen LogP contribution < -0.4 is 5.73 Å². The fourth-order valence-corrected chi connectivity index (χ4v) is 4.76. The number of aliphatic carboxylic acids is 1. The van der Waals surface area contributed by atoms with E-state index in [9.17, 15) is 19.0 Å². The molecule has 3 atom stereocenters. The molecule has 11 heteroatoms. The second-order valence-electron chi connectivity index (χ2n) is 11.2. The maximum Gasteiger partial charge on any atom is 0.472 e. The molecule has 0 aromatic carbocycles. The fourth-order valence-electron chi connectivity index (χ4n) is 3.98. The van der Waals surface area contributed by atoms with Crippen molar-refractivity contribution in [2.24, 2.45) is 5.73 Å². The van der Waals surface area contributed by atoms with Crippen molar-refractivity contribution in [3.8, 4) is 0 Å². The van der Waals surface area contributed by atoms with Crippen LogP contribution in [0.3, 0.4) is 0 Å². The molecular formula is C38H62NO9P. The summed E-state index contributed by atoms with van der Waals surface area (Å²) in [6.07, 6.45) is 40.9. The highest BCUT2D eigenvalue weighted by molar-refractivity contribution is 7.47. The van der Waals surface area contributed by atoms with Gasteiger partial charge in [-0.05, 0) is 70.6 Å². The van der Waals surface area contributed by atoms with Crippen LogP contribution in [0.25, 0.3) is 0 Å². The first-order valence-electron chi connectivity index (χ1n) is 17.6. The zero-order chi connectivity index (χ0) is 36.3. The third kappa shape index (κ3) is 33.4. The fraction of sp³-hybridized carbons (Fsp3) is 0.579. The van der Waals surface area contributed by atoms with Gasteiger partial charge in [-0.25, -0.2) is 4.57 Å². The molecule has 0 amide bonds. The van der Waals surface area contributed by atoms with Gasteiger partial charge in [0.25, 0.3) is 0 Å². The van der Waals surface area contributed by atoms with E-state index in [4.69, 9.17) is 24.8 Å². The van der Waals surface area contributed by atoms with Gasteiger partial charge in [0.05, 0.1) is 19.8 Å². The van der Waals surface area contributed by atoms with Gasteiger partial charge in [0.15, 0.2) is 0 Å². The second-order valence-corrected chi connectivity index (χ2v) is 12.7. The largest absolute Gasteiger partial charge is 0.480 e. The number of phosphoric acid groups is 1. The van der Waals surface area contributed by atoms with Crippen molar-refractivity contribution in [3.05, 3.63) is 85.1 Å². The van der Waals surface area contributed by atoms with Crippen LogP contribution in [-0.2, 0) is 32.7 Å². The summed E-state index contributed by atoms with van der Waals surface area (Å²) < 4.78 is 33.0. The lowest BCUT2D eigenvalue weighted by Crippen LogP contribution is -2.34. The number of carboxylic acids is 1. The van der Waals surface area contributed by atoms with Crippen molar-refractivity contribution < 1.29 is 42.7 Å². The molecule has 10 nitrogen and oxygen atoms in total. The molecule has 0 radical (unpaired) electrons. The molecular weight excluding hydrogens is 645 g/mol. The number of hydrogen-bond acceptors (Lipinski definition) is 8. The van der Waals surface area contributed by atoms with Gasteiger partial charge in [0.1, 0.15) is 12.1 Å². The number of carboxylic acid groups (broad SMARTS) is 1. The summed E-state index contributed by atoms with van der Waals surface area (Å²) in [7, 11) is -4.64. The monoisotopic (exact) mass is 707 g/mol.